The first kappa shape index (κ1) is 14.2. The predicted octanol–water partition coefficient (Wildman–Crippen LogP) is 4.04. The van der Waals surface area contributed by atoms with Crippen LogP contribution in [-0.4, -0.2) is 20.0 Å². The van der Waals surface area contributed by atoms with Crippen molar-refractivity contribution >= 4 is 0 Å². The van der Waals surface area contributed by atoms with Gasteiger partial charge in [-0.2, -0.15) is 5.10 Å². The molecule has 0 unspecified atom stereocenters. The molecule has 1 aromatic heterocycles. The van der Waals surface area contributed by atoms with Crippen LogP contribution in [0.15, 0.2) is 54.6 Å². The average Bonchev–Trinajstić information content (AvgIpc) is 2.93. The van der Waals surface area contributed by atoms with E-state index < -0.39 is 0 Å². The fraction of sp³-hybridized carbons (Fsp3) is 0.167. The molecular formula is C18H18N2O2. The second-order valence-electron chi connectivity index (χ2n) is 5.23. The fourth-order valence-corrected chi connectivity index (χ4v) is 2.44. The fourth-order valence-electron chi connectivity index (χ4n) is 2.44. The van der Waals surface area contributed by atoms with Gasteiger partial charge in [0.05, 0.1) is 11.4 Å². The van der Waals surface area contributed by atoms with Crippen molar-refractivity contribution in [3.8, 4) is 34.0 Å². The van der Waals surface area contributed by atoms with Crippen LogP contribution in [0.3, 0.4) is 0 Å². The van der Waals surface area contributed by atoms with E-state index in [0.29, 0.717) is 0 Å². The molecule has 3 rings (SSSR count). The maximum absolute atomic E-state index is 9.44. The lowest BCUT2D eigenvalue weighted by molar-refractivity contribution is 0.475. The molecule has 0 amide bonds. The van der Waals surface area contributed by atoms with Gasteiger partial charge in [-0.25, -0.2) is 0 Å². The number of hydrogen-bond donors (Lipinski definition) is 2. The molecule has 0 aliphatic carbocycles. The molecule has 4 nitrogen and oxygen atoms in total. The van der Waals surface area contributed by atoms with E-state index in [1.165, 1.54) is 0 Å². The molecule has 4 heteroatoms. The lowest BCUT2D eigenvalue weighted by Crippen LogP contribution is -2.01. The third kappa shape index (κ3) is 2.81. The van der Waals surface area contributed by atoms with Gasteiger partial charge in [0.1, 0.15) is 11.5 Å². The van der Waals surface area contributed by atoms with Gasteiger partial charge in [0.2, 0.25) is 0 Å². The van der Waals surface area contributed by atoms with Crippen molar-refractivity contribution in [2.45, 2.75) is 19.9 Å². The second kappa shape index (κ2) is 5.93. The van der Waals surface area contributed by atoms with Gasteiger partial charge in [-0.1, -0.05) is 6.92 Å². The molecule has 22 heavy (non-hydrogen) atoms. The van der Waals surface area contributed by atoms with Gasteiger partial charge >= 0.3 is 0 Å². The van der Waals surface area contributed by atoms with Crippen LogP contribution in [0, 0.1) is 0 Å². The van der Waals surface area contributed by atoms with Gasteiger partial charge in [-0.3, -0.25) is 4.68 Å². The summed E-state index contributed by atoms with van der Waals surface area (Å²) < 4.78 is 1.98. The highest BCUT2D eigenvalue weighted by Crippen LogP contribution is 2.28. The van der Waals surface area contributed by atoms with Crippen molar-refractivity contribution < 1.29 is 10.2 Å². The summed E-state index contributed by atoms with van der Waals surface area (Å²) in [5, 5.41) is 23.5. The molecule has 112 valence electrons. The van der Waals surface area contributed by atoms with Gasteiger partial charge in [0, 0.05) is 17.7 Å². The van der Waals surface area contributed by atoms with E-state index in [1.54, 1.807) is 24.3 Å². The monoisotopic (exact) mass is 294 g/mol. The van der Waals surface area contributed by atoms with Gasteiger partial charge in [0.15, 0.2) is 0 Å². The van der Waals surface area contributed by atoms with E-state index in [-0.39, 0.29) is 11.5 Å². The number of phenolic OH excluding ortho intramolecular Hbond substituents is 2. The number of rotatable bonds is 4. The van der Waals surface area contributed by atoms with Gasteiger partial charge < -0.3 is 10.2 Å². The predicted molar refractivity (Wildman–Crippen MR) is 86.7 cm³/mol. The van der Waals surface area contributed by atoms with E-state index in [1.807, 2.05) is 35.0 Å². The number of benzene rings is 2. The van der Waals surface area contributed by atoms with E-state index in [9.17, 15) is 10.2 Å². The first-order valence-corrected chi connectivity index (χ1v) is 7.34. The third-order valence-corrected chi connectivity index (χ3v) is 3.54. The maximum Gasteiger partial charge on any atom is 0.115 e. The Labute approximate surface area is 129 Å². The molecule has 0 aliphatic heterocycles. The molecule has 3 aromatic rings. The standard InChI is InChI=1S/C18H18N2O2/c1-2-11-20-18(14-5-9-16(22)10-6-14)12-17(19-20)13-3-7-15(21)8-4-13/h3-10,12,21-22H,2,11H2,1H3. The smallest absolute Gasteiger partial charge is 0.115 e. The lowest BCUT2D eigenvalue weighted by Gasteiger charge is -2.05. The minimum absolute atomic E-state index is 0.246. The molecule has 0 saturated carbocycles. The Bertz CT molecular complexity index is 759. The largest absolute Gasteiger partial charge is 0.508 e. The van der Waals surface area contributed by atoms with Crippen LogP contribution in [0.5, 0.6) is 11.5 Å². The molecule has 0 atom stereocenters. The molecule has 0 fully saturated rings. The molecule has 0 aliphatic rings. The van der Waals surface area contributed by atoms with Crippen LogP contribution in [-0.2, 0) is 6.54 Å². The van der Waals surface area contributed by atoms with Gasteiger partial charge in [-0.05, 0) is 61.0 Å². The number of nitrogens with zero attached hydrogens (tertiary/aromatic N) is 2. The summed E-state index contributed by atoms with van der Waals surface area (Å²) in [6.45, 7) is 2.94. The SMILES string of the molecule is CCCn1nc(-c2ccc(O)cc2)cc1-c1ccc(O)cc1. The summed E-state index contributed by atoms with van der Waals surface area (Å²) in [6.07, 6.45) is 0.988. The molecule has 2 N–H and O–H groups in total. The third-order valence-electron chi connectivity index (χ3n) is 3.54. The molecule has 0 radical (unpaired) electrons. The summed E-state index contributed by atoms with van der Waals surface area (Å²) in [5.41, 5.74) is 3.87. The highest BCUT2D eigenvalue weighted by Gasteiger charge is 2.11. The Balaban J connectivity index is 2.05. The topological polar surface area (TPSA) is 58.3 Å². The average molecular weight is 294 g/mol. The highest BCUT2D eigenvalue weighted by atomic mass is 16.3. The van der Waals surface area contributed by atoms with Crippen molar-refractivity contribution in [2.24, 2.45) is 0 Å². The lowest BCUT2D eigenvalue weighted by atomic mass is 10.1. The normalized spacial score (nSPS) is 10.8. The number of phenols is 2. The molecule has 0 saturated heterocycles. The molecule has 0 bridgehead atoms. The van der Waals surface area contributed by atoms with Crippen LogP contribution in [0.25, 0.3) is 22.5 Å². The van der Waals surface area contributed by atoms with E-state index in [4.69, 9.17) is 0 Å². The summed E-state index contributed by atoms with van der Waals surface area (Å²) >= 11 is 0. The van der Waals surface area contributed by atoms with Crippen molar-refractivity contribution in [1.82, 2.24) is 9.78 Å². The molecular weight excluding hydrogens is 276 g/mol. The van der Waals surface area contributed by atoms with Crippen molar-refractivity contribution in [3.05, 3.63) is 54.6 Å². The summed E-state index contributed by atoms with van der Waals surface area (Å²) in [6, 6.07) is 16.2. The molecule has 0 spiro atoms. The van der Waals surface area contributed by atoms with Crippen LogP contribution < -0.4 is 0 Å². The number of aryl methyl sites for hydroxylation is 1. The Kier molecular flexibility index (Phi) is 3.83. The minimum atomic E-state index is 0.246. The number of aromatic hydroxyl groups is 2. The first-order chi connectivity index (χ1) is 10.7. The maximum atomic E-state index is 9.44. The minimum Gasteiger partial charge on any atom is -0.508 e. The van der Waals surface area contributed by atoms with Crippen LogP contribution in [0.4, 0.5) is 0 Å². The Morgan fingerprint density at radius 2 is 1.41 bits per heavy atom. The quantitative estimate of drug-likeness (QED) is 0.763. The van der Waals surface area contributed by atoms with Crippen LogP contribution in [0.1, 0.15) is 13.3 Å². The van der Waals surface area contributed by atoms with E-state index in [0.717, 1.165) is 35.5 Å². The zero-order valence-corrected chi connectivity index (χ0v) is 12.4. The van der Waals surface area contributed by atoms with Crippen LogP contribution >= 0.6 is 0 Å². The van der Waals surface area contributed by atoms with Gasteiger partial charge in [-0.15, -0.1) is 0 Å². The van der Waals surface area contributed by atoms with Crippen molar-refractivity contribution in [1.29, 1.82) is 0 Å². The van der Waals surface area contributed by atoms with E-state index >= 15 is 0 Å². The zero-order chi connectivity index (χ0) is 15.5. The highest BCUT2D eigenvalue weighted by molar-refractivity contribution is 5.69. The Morgan fingerprint density at radius 1 is 0.864 bits per heavy atom. The summed E-state index contributed by atoms with van der Waals surface area (Å²) in [5.74, 6) is 0.500. The number of hydrogen-bond acceptors (Lipinski definition) is 3. The second-order valence-corrected chi connectivity index (χ2v) is 5.23. The van der Waals surface area contributed by atoms with Gasteiger partial charge in [0.25, 0.3) is 0 Å². The van der Waals surface area contributed by atoms with Crippen molar-refractivity contribution in [3.63, 3.8) is 0 Å². The first-order valence-electron chi connectivity index (χ1n) is 7.34. The van der Waals surface area contributed by atoms with Crippen LogP contribution in [0.2, 0.25) is 0 Å². The molecule has 2 aromatic carbocycles. The molecule has 1 heterocycles. The number of aromatic nitrogens is 2. The summed E-state index contributed by atoms with van der Waals surface area (Å²) in [4.78, 5) is 0. The Hall–Kier alpha value is -2.75. The van der Waals surface area contributed by atoms with E-state index in [2.05, 4.69) is 12.0 Å². The van der Waals surface area contributed by atoms with Crippen molar-refractivity contribution in [2.75, 3.05) is 0 Å². The zero-order valence-electron chi connectivity index (χ0n) is 12.4. The Morgan fingerprint density at radius 3 is 1.95 bits per heavy atom. The summed E-state index contributed by atoms with van der Waals surface area (Å²) in [7, 11) is 0.